The molecule has 6 bridgehead atoms. The van der Waals surface area contributed by atoms with Gasteiger partial charge in [0.15, 0.2) is 6.67 Å². The van der Waals surface area contributed by atoms with Crippen LogP contribution in [-0.2, 0) is 6.67 Å². The smallest absolute Gasteiger partial charge is 0.199 e. The zero-order valence-electron chi connectivity index (χ0n) is 18.5. The van der Waals surface area contributed by atoms with Gasteiger partial charge in [0, 0.05) is 5.57 Å². The molecule has 0 saturated carbocycles. The molecule has 0 N–H and O–H groups in total. The fourth-order valence-corrected chi connectivity index (χ4v) is 5.46. The number of hydrogen-bond acceptors (Lipinski definition) is 0. The van der Waals surface area contributed by atoms with Gasteiger partial charge in [-0.25, -0.2) is 0 Å². The average molecular weight is 407 g/mol. The summed E-state index contributed by atoms with van der Waals surface area (Å²) in [6, 6.07) is 17.7. The number of aromatic nitrogens is 4. The van der Waals surface area contributed by atoms with Gasteiger partial charge in [0.2, 0.25) is 0 Å². The Labute approximate surface area is 180 Å². The second kappa shape index (κ2) is 5.94. The van der Waals surface area contributed by atoms with Gasteiger partial charge < -0.3 is 4.57 Å². The predicted octanol–water partition coefficient (Wildman–Crippen LogP) is -0.205. The van der Waals surface area contributed by atoms with Crippen LogP contribution in [0.5, 0.6) is 0 Å². The minimum absolute atomic E-state index is 0.758. The monoisotopic (exact) mass is 406 g/mol. The van der Waals surface area contributed by atoms with E-state index in [9.17, 15) is 0 Å². The zero-order chi connectivity index (χ0) is 21.6. The highest BCUT2D eigenvalue weighted by molar-refractivity contribution is 5.65. The standard InChI is InChI=1S/C27H26N4/c1-16-20-7-8-21(28(20)5)17(2)26-13-14-27-19(4)23-10-9-22(29(23)6)18(3)25-12-11-24(16)30(25)15-31(26)27/h7-14H,5-6,15H2,1-4H3. The molecule has 0 radical (unpaired) electrons. The van der Waals surface area contributed by atoms with Crippen molar-refractivity contribution in [3.05, 3.63) is 106 Å². The minimum atomic E-state index is 0.758. The van der Waals surface area contributed by atoms with Crippen LogP contribution in [0.15, 0.2) is 48.5 Å². The van der Waals surface area contributed by atoms with E-state index in [1.54, 1.807) is 0 Å². The molecule has 4 aromatic heterocycles. The summed E-state index contributed by atoms with van der Waals surface area (Å²) in [5.74, 6) is 0. The summed E-state index contributed by atoms with van der Waals surface area (Å²) < 4.78 is 9.04. The Morgan fingerprint density at radius 2 is 1.26 bits per heavy atom. The molecule has 154 valence electrons. The van der Waals surface area contributed by atoms with Gasteiger partial charge in [-0.2, -0.15) is 0 Å². The third-order valence-electron chi connectivity index (χ3n) is 7.28. The third kappa shape index (κ3) is 2.19. The Hall–Kier alpha value is -3.66. The topological polar surface area (TPSA) is 20.6 Å². The quantitative estimate of drug-likeness (QED) is 0.285. The van der Waals surface area contributed by atoms with Crippen LogP contribution in [0.2, 0.25) is 0 Å². The van der Waals surface area contributed by atoms with Crippen LogP contribution < -0.4 is 34.4 Å². The lowest BCUT2D eigenvalue weighted by molar-refractivity contribution is -0.703. The van der Waals surface area contributed by atoms with Gasteiger partial charge >= 0.3 is 0 Å². The SMILES string of the molecule is C=[n+]1c2cc[c-]1C(C)=c1ccc3n1C[n+]1c(cc[c-]1C(C)=c1cc[c-]([n+]1=C)C=3C)C=2C. The Balaban J connectivity index is 1.97. The molecule has 0 saturated heterocycles. The van der Waals surface area contributed by atoms with Crippen molar-refractivity contribution in [1.82, 2.24) is 4.57 Å². The van der Waals surface area contributed by atoms with Crippen LogP contribution in [0.3, 0.4) is 0 Å². The molecular formula is C27H26N4. The lowest BCUT2D eigenvalue weighted by Crippen LogP contribution is -2.52. The highest BCUT2D eigenvalue weighted by Crippen LogP contribution is 2.16. The molecule has 2 aliphatic rings. The van der Waals surface area contributed by atoms with Crippen LogP contribution in [0.1, 0.15) is 50.5 Å². The van der Waals surface area contributed by atoms with E-state index < -0.39 is 0 Å². The molecule has 0 aliphatic carbocycles. The Kier molecular flexibility index (Phi) is 3.48. The molecular weight excluding hydrogens is 380 g/mol. The first-order valence-corrected chi connectivity index (χ1v) is 10.7. The van der Waals surface area contributed by atoms with Crippen LogP contribution >= 0.6 is 0 Å². The second-order valence-electron chi connectivity index (χ2n) is 8.77. The molecule has 4 nitrogen and oxygen atoms in total. The van der Waals surface area contributed by atoms with Gasteiger partial charge in [0.25, 0.3) is 0 Å². The Bertz CT molecular complexity index is 1650. The molecule has 6 rings (SSSR count). The van der Waals surface area contributed by atoms with Crippen LogP contribution in [0.4, 0.5) is 0 Å². The van der Waals surface area contributed by atoms with E-state index in [0.717, 1.165) is 28.8 Å². The second-order valence-corrected chi connectivity index (χ2v) is 8.77. The summed E-state index contributed by atoms with van der Waals surface area (Å²) >= 11 is 0. The lowest BCUT2D eigenvalue weighted by atomic mass is 10.2. The molecule has 0 fully saturated rings. The van der Waals surface area contributed by atoms with E-state index in [2.05, 4.69) is 107 Å². The summed E-state index contributed by atoms with van der Waals surface area (Å²) in [4.78, 5) is 0. The fourth-order valence-electron chi connectivity index (χ4n) is 5.46. The summed E-state index contributed by atoms with van der Waals surface area (Å²) in [6.45, 7) is 18.3. The molecule has 6 heterocycles. The molecule has 4 heteroatoms. The highest BCUT2D eigenvalue weighted by atomic mass is 15.2. The lowest BCUT2D eigenvalue weighted by Gasteiger charge is -2.16. The molecule has 0 atom stereocenters. The first-order chi connectivity index (χ1) is 14.9. The summed E-state index contributed by atoms with van der Waals surface area (Å²) in [5.41, 5.74) is 9.65. The van der Waals surface area contributed by atoms with Gasteiger partial charge in [-0.15, -0.1) is 0 Å². The van der Waals surface area contributed by atoms with Gasteiger partial charge in [-0.05, 0) is 55.1 Å². The molecule has 0 amide bonds. The molecule has 2 aliphatic heterocycles. The van der Waals surface area contributed by atoms with Crippen LogP contribution in [0, 0.1) is 13.4 Å². The first-order valence-electron chi connectivity index (χ1n) is 10.7. The fraction of sp³-hybridized carbons (Fsp3) is 0.185. The largest absolute Gasteiger partial charge is 0.351 e. The number of nitrogens with zero attached hydrogens (tertiary/aromatic N) is 4. The van der Waals surface area contributed by atoms with E-state index in [0.29, 0.717) is 0 Å². The van der Waals surface area contributed by atoms with E-state index in [-0.39, 0.29) is 0 Å². The van der Waals surface area contributed by atoms with E-state index in [4.69, 9.17) is 0 Å². The maximum absolute atomic E-state index is 4.39. The molecule has 4 aromatic rings. The van der Waals surface area contributed by atoms with Crippen LogP contribution in [-0.4, -0.2) is 4.57 Å². The Morgan fingerprint density at radius 3 is 1.90 bits per heavy atom. The zero-order valence-corrected chi connectivity index (χ0v) is 18.5. The highest BCUT2D eigenvalue weighted by Gasteiger charge is 2.21. The van der Waals surface area contributed by atoms with Crippen molar-refractivity contribution < 1.29 is 13.1 Å². The van der Waals surface area contributed by atoms with Crippen molar-refractivity contribution in [3.63, 3.8) is 0 Å². The molecule has 31 heavy (non-hydrogen) atoms. The average Bonchev–Trinajstić information content (AvgIpc) is 3.51. The number of rotatable bonds is 0. The molecule has 0 spiro atoms. The summed E-state index contributed by atoms with van der Waals surface area (Å²) in [5, 5.41) is 4.73. The van der Waals surface area contributed by atoms with Gasteiger partial charge in [0.05, 0.1) is 19.1 Å². The first kappa shape index (κ1) is 18.1. The number of fused-ring (bicyclic) bond motifs is 4. The van der Waals surface area contributed by atoms with Crippen molar-refractivity contribution in [2.75, 3.05) is 0 Å². The van der Waals surface area contributed by atoms with E-state index in [1.807, 2.05) is 0 Å². The van der Waals surface area contributed by atoms with E-state index in [1.165, 1.54) is 44.4 Å². The maximum atomic E-state index is 4.39. The van der Waals surface area contributed by atoms with E-state index >= 15 is 0 Å². The van der Waals surface area contributed by atoms with Crippen molar-refractivity contribution in [2.45, 2.75) is 34.4 Å². The summed E-state index contributed by atoms with van der Waals surface area (Å²) in [6.07, 6.45) is 0. The van der Waals surface area contributed by atoms with Crippen molar-refractivity contribution in [3.8, 4) is 0 Å². The molecule has 0 aromatic carbocycles. The van der Waals surface area contributed by atoms with Gasteiger partial charge in [-0.3, -0.25) is 13.1 Å². The van der Waals surface area contributed by atoms with Gasteiger partial charge in [0.1, 0.15) is 27.8 Å². The Morgan fingerprint density at radius 1 is 0.710 bits per heavy atom. The van der Waals surface area contributed by atoms with Crippen molar-refractivity contribution in [1.29, 1.82) is 0 Å². The minimum Gasteiger partial charge on any atom is -0.351 e. The third-order valence-corrected chi connectivity index (χ3v) is 7.28. The van der Waals surface area contributed by atoms with Crippen LogP contribution in [0.25, 0.3) is 22.3 Å². The van der Waals surface area contributed by atoms with Gasteiger partial charge in [-0.1, -0.05) is 48.5 Å². The molecule has 0 unspecified atom stereocenters. The van der Waals surface area contributed by atoms with Crippen molar-refractivity contribution >= 4 is 22.3 Å². The van der Waals surface area contributed by atoms with Crippen molar-refractivity contribution in [2.24, 2.45) is 0 Å². The summed E-state index contributed by atoms with van der Waals surface area (Å²) in [7, 11) is 0. The maximum Gasteiger partial charge on any atom is 0.199 e. The normalized spacial score (nSPS) is 15.0. The predicted molar refractivity (Wildman–Crippen MR) is 119 cm³/mol. The number of hydrogen-bond donors (Lipinski definition) is 0.